The molecule has 0 aliphatic rings. The molecule has 6 heteroatoms. The summed E-state index contributed by atoms with van der Waals surface area (Å²) in [5.41, 5.74) is 1.37. The Morgan fingerprint density at radius 1 is 0.905 bits per heavy atom. The van der Waals surface area contributed by atoms with Gasteiger partial charge in [-0.25, -0.2) is 0 Å². The van der Waals surface area contributed by atoms with Gasteiger partial charge in [0, 0.05) is 11.4 Å². The quantitative estimate of drug-likeness (QED) is 0.677. The molecule has 0 aliphatic heterocycles. The van der Waals surface area contributed by atoms with Crippen LogP contribution in [0.4, 0.5) is 5.69 Å². The third kappa shape index (κ3) is 4.52. The highest BCUT2D eigenvalue weighted by Gasteiger charge is 2.10. The molecule has 0 radical (unpaired) electrons. The van der Waals surface area contributed by atoms with E-state index >= 15 is 0 Å². The average Bonchev–Trinajstić information content (AvgIpc) is 2.44. The number of aryl methyl sites for hydroxylation is 1. The van der Waals surface area contributed by atoms with E-state index in [0.717, 1.165) is 5.56 Å². The van der Waals surface area contributed by atoms with E-state index in [1.54, 1.807) is 6.07 Å². The van der Waals surface area contributed by atoms with Crippen LogP contribution in [0.5, 0.6) is 0 Å². The van der Waals surface area contributed by atoms with Crippen LogP contribution < -0.4 is 5.32 Å². The summed E-state index contributed by atoms with van der Waals surface area (Å²) in [7, 11) is 0. The molecule has 0 heterocycles. The van der Waals surface area contributed by atoms with Gasteiger partial charge in [0.1, 0.15) is 0 Å². The Morgan fingerprint density at radius 3 is 2.29 bits per heavy atom. The molecule has 0 bridgehead atoms. The van der Waals surface area contributed by atoms with E-state index in [2.05, 4.69) is 5.32 Å². The van der Waals surface area contributed by atoms with E-state index < -0.39 is 0 Å². The SMILES string of the molecule is O=C(CCc1ccccc1Cl)Nc1cc(Cl)c(Cl)cc1Cl. The van der Waals surface area contributed by atoms with Crippen LogP contribution in [0.3, 0.4) is 0 Å². The zero-order chi connectivity index (χ0) is 15.4. The monoisotopic (exact) mass is 361 g/mol. The molecule has 1 amide bonds. The second kappa shape index (κ2) is 7.37. The summed E-state index contributed by atoms with van der Waals surface area (Å²) in [6.07, 6.45) is 0.838. The highest BCUT2D eigenvalue weighted by molar-refractivity contribution is 6.44. The van der Waals surface area contributed by atoms with Crippen molar-refractivity contribution in [1.29, 1.82) is 0 Å². The van der Waals surface area contributed by atoms with Crippen molar-refractivity contribution in [3.63, 3.8) is 0 Å². The molecule has 0 aliphatic carbocycles. The lowest BCUT2D eigenvalue weighted by Gasteiger charge is -2.09. The van der Waals surface area contributed by atoms with Gasteiger partial charge in [-0.1, -0.05) is 64.6 Å². The molecule has 2 nitrogen and oxygen atoms in total. The van der Waals surface area contributed by atoms with Crippen molar-refractivity contribution in [2.75, 3.05) is 5.32 Å². The Bertz CT molecular complexity index is 673. The highest BCUT2D eigenvalue weighted by Crippen LogP contribution is 2.32. The van der Waals surface area contributed by atoms with Crippen molar-refractivity contribution in [2.45, 2.75) is 12.8 Å². The molecule has 2 aromatic carbocycles. The van der Waals surface area contributed by atoms with Crippen LogP contribution in [-0.2, 0) is 11.2 Å². The number of anilines is 1. The van der Waals surface area contributed by atoms with Gasteiger partial charge >= 0.3 is 0 Å². The van der Waals surface area contributed by atoms with Crippen molar-refractivity contribution in [1.82, 2.24) is 0 Å². The molecular formula is C15H11Cl4NO. The number of carbonyl (C=O) groups is 1. The number of carbonyl (C=O) groups excluding carboxylic acids is 1. The maximum absolute atomic E-state index is 12.0. The fourth-order valence-corrected chi connectivity index (χ4v) is 2.60. The van der Waals surface area contributed by atoms with Crippen LogP contribution in [0, 0.1) is 0 Å². The van der Waals surface area contributed by atoms with Gasteiger partial charge in [-0.3, -0.25) is 4.79 Å². The number of nitrogens with one attached hydrogen (secondary N) is 1. The van der Waals surface area contributed by atoms with Gasteiger partial charge in [-0.15, -0.1) is 0 Å². The molecular weight excluding hydrogens is 352 g/mol. The Morgan fingerprint density at radius 2 is 1.57 bits per heavy atom. The molecule has 0 spiro atoms. The Hall–Kier alpha value is -0.930. The molecule has 21 heavy (non-hydrogen) atoms. The largest absolute Gasteiger partial charge is 0.325 e. The summed E-state index contributed by atoms with van der Waals surface area (Å²) in [5, 5.41) is 4.38. The lowest BCUT2D eigenvalue weighted by Crippen LogP contribution is -2.12. The van der Waals surface area contributed by atoms with Crippen LogP contribution in [0.15, 0.2) is 36.4 Å². The minimum atomic E-state index is -0.171. The number of halogens is 4. The minimum absolute atomic E-state index is 0.171. The second-order valence-corrected chi connectivity index (χ2v) is 6.01. The first kappa shape index (κ1) is 16.4. The second-order valence-electron chi connectivity index (χ2n) is 4.39. The number of amides is 1. The lowest BCUT2D eigenvalue weighted by molar-refractivity contribution is -0.116. The van der Waals surface area contributed by atoms with Gasteiger partial charge in [-0.2, -0.15) is 0 Å². The van der Waals surface area contributed by atoms with E-state index in [1.807, 2.05) is 18.2 Å². The predicted octanol–water partition coefficient (Wildman–Crippen LogP) is 5.87. The van der Waals surface area contributed by atoms with Crippen LogP contribution in [0.25, 0.3) is 0 Å². The van der Waals surface area contributed by atoms with E-state index in [9.17, 15) is 4.79 Å². The molecule has 0 saturated heterocycles. The number of hydrogen-bond acceptors (Lipinski definition) is 1. The summed E-state index contributed by atoms with van der Waals surface area (Å²) < 4.78 is 0. The third-order valence-corrected chi connectivity index (χ3v) is 4.27. The third-order valence-electron chi connectivity index (χ3n) is 2.86. The summed E-state index contributed by atoms with van der Waals surface area (Å²) in [5.74, 6) is -0.171. The summed E-state index contributed by atoms with van der Waals surface area (Å²) >= 11 is 23.8. The standard InChI is InChI=1S/C15H11Cl4NO/c16-10-4-2-1-3-9(10)5-6-15(21)20-14-8-12(18)11(17)7-13(14)19/h1-4,7-8H,5-6H2,(H,20,21). The molecule has 0 atom stereocenters. The number of hydrogen-bond donors (Lipinski definition) is 1. The van der Waals surface area contributed by atoms with Crippen molar-refractivity contribution in [2.24, 2.45) is 0 Å². The summed E-state index contributed by atoms with van der Waals surface area (Å²) in [6.45, 7) is 0. The van der Waals surface area contributed by atoms with Gasteiger partial charge in [0.25, 0.3) is 0 Å². The van der Waals surface area contributed by atoms with E-state index in [4.69, 9.17) is 46.4 Å². The minimum Gasteiger partial charge on any atom is -0.325 e. The van der Waals surface area contributed by atoms with Crippen molar-refractivity contribution >= 4 is 58.0 Å². The summed E-state index contributed by atoms with van der Waals surface area (Å²) in [4.78, 5) is 12.0. The van der Waals surface area contributed by atoms with E-state index in [1.165, 1.54) is 12.1 Å². The fourth-order valence-electron chi connectivity index (χ4n) is 1.78. The van der Waals surface area contributed by atoms with Gasteiger partial charge in [0.15, 0.2) is 0 Å². The zero-order valence-corrected chi connectivity index (χ0v) is 13.8. The smallest absolute Gasteiger partial charge is 0.224 e. The van der Waals surface area contributed by atoms with Crippen molar-refractivity contribution in [3.8, 4) is 0 Å². The molecule has 0 unspecified atom stereocenters. The molecule has 0 saturated carbocycles. The highest BCUT2D eigenvalue weighted by atomic mass is 35.5. The maximum atomic E-state index is 12.0. The number of benzene rings is 2. The Labute approximate surface area is 143 Å². The number of rotatable bonds is 4. The zero-order valence-electron chi connectivity index (χ0n) is 10.8. The normalized spacial score (nSPS) is 10.5. The lowest BCUT2D eigenvalue weighted by atomic mass is 10.1. The maximum Gasteiger partial charge on any atom is 0.224 e. The molecule has 1 N–H and O–H groups in total. The molecule has 0 aromatic heterocycles. The molecule has 0 fully saturated rings. The predicted molar refractivity (Wildman–Crippen MR) is 89.9 cm³/mol. The van der Waals surface area contributed by atoms with Crippen LogP contribution >= 0.6 is 46.4 Å². The topological polar surface area (TPSA) is 29.1 Å². The molecule has 110 valence electrons. The molecule has 2 aromatic rings. The van der Waals surface area contributed by atoms with Crippen LogP contribution in [-0.4, -0.2) is 5.91 Å². The average molecular weight is 363 g/mol. The fraction of sp³-hybridized carbons (Fsp3) is 0.133. The Balaban J connectivity index is 1.99. The van der Waals surface area contributed by atoms with Crippen molar-refractivity contribution in [3.05, 3.63) is 62.1 Å². The van der Waals surface area contributed by atoms with Gasteiger partial charge in [0.05, 0.1) is 20.8 Å². The van der Waals surface area contributed by atoms with E-state index in [-0.39, 0.29) is 5.91 Å². The first-order chi connectivity index (χ1) is 9.97. The van der Waals surface area contributed by atoms with Crippen molar-refractivity contribution < 1.29 is 4.79 Å². The van der Waals surface area contributed by atoms with Gasteiger partial charge in [-0.05, 0) is 30.2 Å². The van der Waals surface area contributed by atoms with Crippen LogP contribution in [0.1, 0.15) is 12.0 Å². The van der Waals surface area contributed by atoms with E-state index in [0.29, 0.717) is 38.6 Å². The first-order valence-corrected chi connectivity index (χ1v) is 7.66. The summed E-state index contributed by atoms with van der Waals surface area (Å²) in [6, 6.07) is 10.4. The Kier molecular flexibility index (Phi) is 5.77. The van der Waals surface area contributed by atoms with Gasteiger partial charge in [0.2, 0.25) is 5.91 Å². The molecule has 2 rings (SSSR count). The van der Waals surface area contributed by atoms with Crippen LogP contribution in [0.2, 0.25) is 20.1 Å². The van der Waals surface area contributed by atoms with Gasteiger partial charge < -0.3 is 5.32 Å². The first-order valence-electron chi connectivity index (χ1n) is 6.15.